The van der Waals surface area contributed by atoms with Gasteiger partial charge in [0.1, 0.15) is 0 Å². The first-order valence-corrected chi connectivity index (χ1v) is 10.3. The Balaban J connectivity index is 1.46. The lowest BCUT2D eigenvalue weighted by Crippen LogP contribution is -2.48. The molecule has 0 aromatic carbocycles. The number of fused-ring (bicyclic) bond motifs is 1. The number of amides is 2. The smallest absolute Gasteiger partial charge is 0.261 e. The number of aryl methyl sites for hydroxylation is 2. The van der Waals surface area contributed by atoms with Crippen molar-refractivity contribution in [2.24, 2.45) is 5.41 Å². The van der Waals surface area contributed by atoms with Crippen LogP contribution in [0.5, 0.6) is 0 Å². The maximum Gasteiger partial charge on any atom is 0.261 e. The minimum atomic E-state index is -0.145. The topological polar surface area (TPSA) is 79.5 Å². The van der Waals surface area contributed by atoms with Crippen LogP contribution in [0.3, 0.4) is 0 Å². The first-order chi connectivity index (χ1) is 12.6. The van der Waals surface area contributed by atoms with Gasteiger partial charge in [0, 0.05) is 23.9 Å². The quantitative estimate of drug-likeness (QED) is 0.671. The van der Waals surface area contributed by atoms with E-state index in [0.29, 0.717) is 13.2 Å². The van der Waals surface area contributed by atoms with Gasteiger partial charge in [-0.15, -0.1) is 11.3 Å². The lowest BCUT2D eigenvalue weighted by Gasteiger charge is -2.37. The number of carbonyl (C=O) groups is 2. The van der Waals surface area contributed by atoms with E-state index in [4.69, 9.17) is 4.74 Å². The molecule has 7 heteroatoms. The molecule has 0 radical (unpaired) electrons. The molecule has 1 saturated heterocycles. The SMILES string of the molecule is COCC1(CNC(=O)CNC(=O)c2cc3c(s2)CCCC3)CCNCC1. The zero-order valence-corrected chi connectivity index (χ0v) is 16.3. The predicted octanol–water partition coefficient (Wildman–Crippen LogP) is 1.49. The summed E-state index contributed by atoms with van der Waals surface area (Å²) in [5, 5.41) is 9.07. The average Bonchev–Trinajstić information content (AvgIpc) is 3.10. The van der Waals surface area contributed by atoms with Crippen LogP contribution in [-0.4, -0.2) is 51.7 Å². The highest BCUT2D eigenvalue weighted by Gasteiger charge is 2.32. The Bertz CT molecular complexity index is 609. The number of rotatable bonds is 7. The van der Waals surface area contributed by atoms with Gasteiger partial charge in [-0.1, -0.05) is 0 Å². The van der Waals surface area contributed by atoms with Crippen LogP contribution in [0.2, 0.25) is 0 Å². The van der Waals surface area contributed by atoms with E-state index in [0.717, 1.165) is 43.6 Å². The van der Waals surface area contributed by atoms with Crippen LogP contribution in [0.15, 0.2) is 6.07 Å². The summed E-state index contributed by atoms with van der Waals surface area (Å²) in [4.78, 5) is 26.6. The van der Waals surface area contributed by atoms with Crippen LogP contribution in [-0.2, 0) is 22.4 Å². The Hall–Kier alpha value is -1.44. The summed E-state index contributed by atoms with van der Waals surface area (Å²) in [6.45, 7) is 3.13. The van der Waals surface area contributed by atoms with Gasteiger partial charge in [-0.25, -0.2) is 0 Å². The molecule has 6 nitrogen and oxygen atoms in total. The second-order valence-corrected chi connectivity index (χ2v) is 8.55. The molecule has 2 aliphatic rings. The number of hydrogen-bond donors (Lipinski definition) is 3. The molecule has 1 fully saturated rings. The normalized spacial score (nSPS) is 18.8. The Morgan fingerprint density at radius 3 is 2.73 bits per heavy atom. The summed E-state index contributed by atoms with van der Waals surface area (Å²) in [6.07, 6.45) is 6.50. The number of thiophene rings is 1. The number of methoxy groups -OCH3 is 1. The van der Waals surface area contributed by atoms with Gasteiger partial charge in [0.15, 0.2) is 0 Å². The monoisotopic (exact) mass is 379 g/mol. The van der Waals surface area contributed by atoms with Gasteiger partial charge in [-0.05, 0) is 63.2 Å². The third-order valence-electron chi connectivity index (χ3n) is 5.41. The first kappa shape index (κ1) is 19.3. The molecule has 0 saturated carbocycles. The molecular weight excluding hydrogens is 350 g/mol. The molecule has 26 heavy (non-hydrogen) atoms. The van der Waals surface area contributed by atoms with Crippen LogP contribution in [0.1, 0.15) is 45.8 Å². The minimum Gasteiger partial charge on any atom is -0.384 e. The highest BCUT2D eigenvalue weighted by atomic mass is 32.1. The second kappa shape index (κ2) is 8.97. The maximum absolute atomic E-state index is 12.3. The van der Waals surface area contributed by atoms with Crippen LogP contribution < -0.4 is 16.0 Å². The van der Waals surface area contributed by atoms with Crippen molar-refractivity contribution in [3.63, 3.8) is 0 Å². The number of hydrogen-bond acceptors (Lipinski definition) is 5. The van der Waals surface area contributed by atoms with Gasteiger partial charge in [0.05, 0.1) is 18.0 Å². The van der Waals surface area contributed by atoms with Crippen molar-refractivity contribution < 1.29 is 14.3 Å². The lowest BCUT2D eigenvalue weighted by atomic mass is 9.79. The van der Waals surface area contributed by atoms with E-state index in [1.54, 1.807) is 18.4 Å². The third kappa shape index (κ3) is 4.84. The number of ether oxygens (including phenoxy) is 1. The van der Waals surface area contributed by atoms with Gasteiger partial charge < -0.3 is 20.7 Å². The molecule has 0 bridgehead atoms. The van der Waals surface area contributed by atoms with Crippen molar-refractivity contribution in [1.82, 2.24) is 16.0 Å². The molecule has 0 unspecified atom stereocenters. The number of nitrogens with one attached hydrogen (secondary N) is 3. The maximum atomic E-state index is 12.3. The molecule has 0 atom stereocenters. The summed E-state index contributed by atoms with van der Waals surface area (Å²) >= 11 is 1.57. The van der Waals surface area contributed by atoms with Gasteiger partial charge in [-0.2, -0.15) is 0 Å². The summed E-state index contributed by atoms with van der Waals surface area (Å²) in [5.41, 5.74) is 1.30. The largest absolute Gasteiger partial charge is 0.384 e. The first-order valence-electron chi connectivity index (χ1n) is 9.48. The van der Waals surface area contributed by atoms with E-state index in [1.807, 2.05) is 6.07 Å². The van der Waals surface area contributed by atoms with E-state index in [2.05, 4.69) is 16.0 Å². The van der Waals surface area contributed by atoms with Crippen molar-refractivity contribution in [2.45, 2.75) is 38.5 Å². The average molecular weight is 380 g/mol. The summed E-state index contributed by atoms with van der Waals surface area (Å²) < 4.78 is 5.37. The fourth-order valence-electron chi connectivity index (χ4n) is 3.83. The predicted molar refractivity (Wildman–Crippen MR) is 103 cm³/mol. The molecule has 1 aromatic heterocycles. The Kier molecular flexibility index (Phi) is 6.67. The molecule has 1 aromatic rings. The molecule has 3 rings (SSSR count). The highest BCUT2D eigenvalue weighted by Crippen LogP contribution is 2.30. The molecule has 2 amide bonds. The van der Waals surface area contributed by atoms with E-state index in [-0.39, 0.29) is 23.8 Å². The van der Waals surface area contributed by atoms with Gasteiger partial charge >= 0.3 is 0 Å². The Labute approximate surface area is 159 Å². The van der Waals surface area contributed by atoms with Gasteiger partial charge in [0.25, 0.3) is 5.91 Å². The van der Waals surface area contributed by atoms with Crippen molar-refractivity contribution in [1.29, 1.82) is 0 Å². The van der Waals surface area contributed by atoms with Crippen LogP contribution in [0.4, 0.5) is 0 Å². The van der Waals surface area contributed by atoms with E-state index < -0.39 is 0 Å². The van der Waals surface area contributed by atoms with Crippen LogP contribution in [0.25, 0.3) is 0 Å². The van der Waals surface area contributed by atoms with Crippen molar-refractivity contribution in [3.8, 4) is 0 Å². The standard InChI is InChI=1S/C19H29N3O3S/c1-25-13-19(6-8-20-9-7-19)12-22-17(23)11-21-18(24)16-10-14-4-2-3-5-15(14)26-16/h10,20H,2-9,11-13H2,1H3,(H,21,24)(H,22,23). The molecule has 0 spiro atoms. The zero-order valence-electron chi connectivity index (χ0n) is 15.5. The molecule has 144 valence electrons. The molecular formula is C19H29N3O3S. The van der Waals surface area contributed by atoms with E-state index >= 15 is 0 Å². The van der Waals surface area contributed by atoms with Crippen LogP contribution in [0, 0.1) is 5.41 Å². The van der Waals surface area contributed by atoms with E-state index in [9.17, 15) is 9.59 Å². The Morgan fingerprint density at radius 2 is 2.00 bits per heavy atom. The highest BCUT2D eigenvalue weighted by molar-refractivity contribution is 7.14. The lowest BCUT2D eigenvalue weighted by molar-refractivity contribution is -0.121. The summed E-state index contributed by atoms with van der Waals surface area (Å²) in [7, 11) is 1.70. The van der Waals surface area contributed by atoms with Gasteiger partial charge in [0.2, 0.25) is 5.91 Å². The van der Waals surface area contributed by atoms with Crippen LogP contribution >= 0.6 is 11.3 Å². The van der Waals surface area contributed by atoms with Crippen molar-refractivity contribution >= 4 is 23.2 Å². The third-order valence-corrected chi connectivity index (χ3v) is 6.64. The second-order valence-electron chi connectivity index (χ2n) is 7.41. The molecule has 2 heterocycles. The summed E-state index contributed by atoms with van der Waals surface area (Å²) in [6, 6.07) is 2.00. The minimum absolute atomic E-state index is 0.00746. The number of carbonyl (C=O) groups excluding carboxylic acids is 2. The van der Waals surface area contributed by atoms with Gasteiger partial charge in [-0.3, -0.25) is 9.59 Å². The Morgan fingerprint density at radius 1 is 1.23 bits per heavy atom. The fourth-order valence-corrected chi connectivity index (χ4v) is 5.00. The van der Waals surface area contributed by atoms with E-state index in [1.165, 1.54) is 23.3 Å². The summed E-state index contributed by atoms with van der Waals surface area (Å²) in [5.74, 6) is -0.290. The molecule has 1 aliphatic heterocycles. The van der Waals surface area contributed by atoms with Crippen molar-refractivity contribution in [3.05, 3.63) is 21.4 Å². The zero-order chi connectivity index (χ0) is 18.4. The number of piperidine rings is 1. The van der Waals surface area contributed by atoms with Crippen molar-refractivity contribution in [2.75, 3.05) is 39.9 Å². The fraction of sp³-hybridized carbons (Fsp3) is 0.684. The molecule has 1 aliphatic carbocycles. The molecule has 3 N–H and O–H groups in total.